The molecule has 0 unspecified atom stereocenters. The fourth-order valence-electron chi connectivity index (χ4n) is 3.63. The second-order valence-corrected chi connectivity index (χ2v) is 7.60. The summed E-state index contributed by atoms with van der Waals surface area (Å²) in [4.78, 5) is 17.2. The van der Waals surface area contributed by atoms with Crippen LogP contribution in [0, 0.1) is 13.8 Å². The molecule has 4 rings (SSSR count). The number of phenols is 1. The monoisotopic (exact) mass is 415 g/mol. The Bertz CT molecular complexity index is 1290. The Hall–Kier alpha value is -3.80. The molecule has 6 heteroatoms. The molecule has 6 nitrogen and oxygen atoms in total. The molecule has 4 aromatic rings. The molecule has 31 heavy (non-hydrogen) atoms. The zero-order valence-electron chi connectivity index (χ0n) is 18.1. The van der Waals surface area contributed by atoms with Crippen LogP contribution in [0.15, 0.2) is 54.6 Å². The zero-order valence-corrected chi connectivity index (χ0v) is 18.1. The van der Waals surface area contributed by atoms with E-state index in [9.17, 15) is 9.90 Å². The average Bonchev–Trinajstić information content (AvgIpc) is 3.03. The van der Waals surface area contributed by atoms with Crippen LogP contribution in [-0.2, 0) is 13.6 Å². The molecule has 1 heterocycles. The van der Waals surface area contributed by atoms with Crippen molar-refractivity contribution in [3.63, 3.8) is 0 Å². The summed E-state index contributed by atoms with van der Waals surface area (Å²) in [5.74, 6) is 1.55. The van der Waals surface area contributed by atoms with Crippen LogP contribution in [-0.4, -0.2) is 27.7 Å². The van der Waals surface area contributed by atoms with Crippen LogP contribution >= 0.6 is 0 Å². The third-order valence-electron chi connectivity index (χ3n) is 5.73. The van der Waals surface area contributed by atoms with Crippen LogP contribution < -0.4 is 10.1 Å². The van der Waals surface area contributed by atoms with Gasteiger partial charge in [0.25, 0.3) is 5.91 Å². The molecular formula is C25H25N3O3. The molecule has 0 saturated carbocycles. The van der Waals surface area contributed by atoms with Crippen molar-refractivity contribution in [2.75, 3.05) is 7.11 Å². The lowest BCUT2D eigenvalue weighted by molar-refractivity contribution is 0.0949. The number of imidazole rings is 1. The molecule has 3 aromatic carbocycles. The van der Waals surface area contributed by atoms with E-state index < -0.39 is 0 Å². The third kappa shape index (κ3) is 3.97. The number of methoxy groups -OCH3 is 1. The number of hydrogen-bond acceptors (Lipinski definition) is 4. The Morgan fingerprint density at radius 1 is 1.06 bits per heavy atom. The van der Waals surface area contributed by atoms with Crippen molar-refractivity contribution >= 4 is 16.7 Å². The number of carbonyl (C=O) groups is 1. The van der Waals surface area contributed by atoms with E-state index in [1.54, 1.807) is 25.3 Å². The Kier molecular flexibility index (Phi) is 5.38. The van der Waals surface area contributed by atoms with Gasteiger partial charge in [0.1, 0.15) is 17.3 Å². The van der Waals surface area contributed by atoms with Crippen molar-refractivity contribution in [3.8, 4) is 22.6 Å². The van der Waals surface area contributed by atoms with Gasteiger partial charge in [0.05, 0.1) is 19.3 Å². The molecule has 0 fully saturated rings. The first kappa shape index (κ1) is 20.5. The highest BCUT2D eigenvalue weighted by Crippen LogP contribution is 2.34. The first-order chi connectivity index (χ1) is 14.9. The minimum Gasteiger partial charge on any atom is -0.507 e. The number of rotatable bonds is 5. The van der Waals surface area contributed by atoms with Gasteiger partial charge in [-0.1, -0.05) is 18.2 Å². The highest BCUT2D eigenvalue weighted by molar-refractivity contribution is 5.99. The van der Waals surface area contributed by atoms with E-state index in [4.69, 9.17) is 4.74 Å². The second-order valence-electron chi connectivity index (χ2n) is 7.60. The number of aromatic nitrogens is 2. The van der Waals surface area contributed by atoms with E-state index in [2.05, 4.69) is 10.3 Å². The summed E-state index contributed by atoms with van der Waals surface area (Å²) in [7, 11) is 3.55. The number of aromatic hydroxyl groups is 1. The summed E-state index contributed by atoms with van der Waals surface area (Å²) in [6.45, 7) is 4.34. The van der Waals surface area contributed by atoms with Gasteiger partial charge in [-0.2, -0.15) is 0 Å². The van der Waals surface area contributed by atoms with E-state index >= 15 is 0 Å². The van der Waals surface area contributed by atoms with Gasteiger partial charge in [0.15, 0.2) is 0 Å². The van der Waals surface area contributed by atoms with Crippen LogP contribution in [0.4, 0.5) is 0 Å². The van der Waals surface area contributed by atoms with Gasteiger partial charge < -0.3 is 19.7 Å². The molecule has 0 atom stereocenters. The number of carbonyl (C=O) groups excluding carboxylic acids is 1. The van der Waals surface area contributed by atoms with Crippen LogP contribution in [0.1, 0.15) is 27.6 Å². The van der Waals surface area contributed by atoms with Gasteiger partial charge in [-0.3, -0.25) is 4.79 Å². The van der Waals surface area contributed by atoms with Gasteiger partial charge in [-0.25, -0.2) is 4.98 Å². The van der Waals surface area contributed by atoms with E-state index in [0.29, 0.717) is 23.4 Å². The first-order valence-electron chi connectivity index (χ1n) is 10.1. The molecule has 0 spiro atoms. The SMILES string of the molecule is COc1ccc(O)c(-c2ccc3cc(C(=O)NCc4nc(C)c(C)n4C)ccc3c2)c1. The maximum atomic E-state index is 12.7. The predicted molar refractivity (Wildman–Crippen MR) is 121 cm³/mol. The van der Waals surface area contributed by atoms with Gasteiger partial charge >= 0.3 is 0 Å². The topological polar surface area (TPSA) is 76.4 Å². The molecule has 158 valence electrons. The molecule has 0 radical (unpaired) electrons. The molecule has 0 aliphatic carbocycles. The minimum atomic E-state index is -0.144. The first-order valence-corrected chi connectivity index (χ1v) is 10.1. The maximum absolute atomic E-state index is 12.7. The summed E-state index contributed by atoms with van der Waals surface area (Å²) >= 11 is 0. The smallest absolute Gasteiger partial charge is 0.251 e. The Morgan fingerprint density at radius 2 is 1.81 bits per heavy atom. The van der Waals surface area contributed by atoms with Crippen LogP contribution in [0.2, 0.25) is 0 Å². The van der Waals surface area contributed by atoms with E-state index in [1.807, 2.05) is 61.9 Å². The van der Waals surface area contributed by atoms with Crippen molar-refractivity contribution in [1.29, 1.82) is 0 Å². The number of nitrogens with zero attached hydrogens (tertiary/aromatic N) is 2. The molecule has 0 bridgehead atoms. The van der Waals surface area contributed by atoms with E-state index in [0.717, 1.165) is 33.5 Å². The third-order valence-corrected chi connectivity index (χ3v) is 5.73. The van der Waals surface area contributed by atoms with Gasteiger partial charge in [-0.05, 0) is 66.6 Å². The summed E-state index contributed by atoms with van der Waals surface area (Å²) in [5, 5.41) is 15.1. The molecule has 0 aliphatic rings. The van der Waals surface area contributed by atoms with Crippen LogP contribution in [0.5, 0.6) is 11.5 Å². The lowest BCUT2D eigenvalue weighted by Gasteiger charge is -2.10. The van der Waals surface area contributed by atoms with Gasteiger partial charge in [0, 0.05) is 23.9 Å². The van der Waals surface area contributed by atoms with Crippen molar-refractivity contribution in [3.05, 3.63) is 77.4 Å². The molecular weight excluding hydrogens is 390 g/mol. The van der Waals surface area contributed by atoms with Crippen molar-refractivity contribution in [2.24, 2.45) is 7.05 Å². The number of ether oxygens (including phenoxy) is 1. The number of phenolic OH excluding ortho intramolecular Hbond substituents is 1. The van der Waals surface area contributed by atoms with Crippen LogP contribution in [0.25, 0.3) is 21.9 Å². The molecule has 0 saturated heterocycles. The highest BCUT2D eigenvalue weighted by atomic mass is 16.5. The normalized spacial score (nSPS) is 11.0. The van der Waals surface area contributed by atoms with E-state index in [-0.39, 0.29) is 11.7 Å². The lowest BCUT2D eigenvalue weighted by atomic mass is 9.99. The predicted octanol–water partition coefficient (Wildman–Crippen LogP) is 4.50. The average molecular weight is 415 g/mol. The fourth-order valence-corrected chi connectivity index (χ4v) is 3.63. The fraction of sp³-hybridized carbons (Fsp3) is 0.200. The summed E-state index contributed by atoms with van der Waals surface area (Å²) in [6.07, 6.45) is 0. The Morgan fingerprint density at radius 3 is 2.52 bits per heavy atom. The molecule has 0 aliphatic heterocycles. The largest absolute Gasteiger partial charge is 0.507 e. The van der Waals surface area contributed by atoms with Crippen LogP contribution in [0.3, 0.4) is 0 Å². The summed E-state index contributed by atoms with van der Waals surface area (Å²) < 4.78 is 7.26. The maximum Gasteiger partial charge on any atom is 0.251 e. The second kappa shape index (κ2) is 8.14. The molecule has 2 N–H and O–H groups in total. The lowest BCUT2D eigenvalue weighted by Crippen LogP contribution is -2.24. The number of amides is 1. The molecule has 1 amide bonds. The van der Waals surface area contributed by atoms with Gasteiger partial charge in [-0.15, -0.1) is 0 Å². The Labute approximate surface area is 181 Å². The number of benzene rings is 3. The quantitative estimate of drug-likeness (QED) is 0.503. The Balaban J connectivity index is 1.56. The van der Waals surface area contributed by atoms with Crippen molar-refractivity contribution < 1.29 is 14.6 Å². The number of aryl methyl sites for hydroxylation is 1. The van der Waals surface area contributed by atoms with E-state index in [1.165, 1.54) is 0 Å². The minimum absolute atomic E-state index is 0.144. The number of nitrogens with one attached hydrogen (secondary N) is 1. The number of fused-ring (bicyclic) bond motifs is 1. The molecule has 1 aromatic heterocycles. The highest BCUT2D eigenvalue weighted by Gasteiger charge is 2.12. The number of hydrogen-bond donors (Lipinski definition) is 2. The summed E-state index contributed by atoms with van der Waals surface area (Å²) in [6, 6.07) is 16.6. The van der Waals surface area contributed by atoms with Crippen molar-refractivity contribution in [1.82, 2.24) is 14.9 Å². The van der Waals surface area contributed by atoms with Gasteiger partial charge in [0.2, 0.25) is 0 Å². The standard InChI is InChI=1S/C25H25N3O3/c1-15-16(2)28(3)24(27-15)14-26-25(30)20-8-6-17-11-19(7-5-18(17)12-20)22-13-21(31-4)9-10-23(22)29/h5-13,29H,14H2,1-4H3,(H,26,30). The van der Waals surface area contributed by atoms with Crippen molar-refractivity contribution in [2.45, 2.75) is 20.4 Å². The summed E-state index contributed by atoms with van der Waals surface area (Å²) in [5.41, 5.74) is 4.22. The zero-order chi connectivity index (χ0) is 22.1.